The Morgan fingerprint density at radius 2 is 1.07 bits per heavy atom. The maximum absolute atomic E-state index is 14.6. The molecule has 0 N–H and O–H groups in total. The van der Waals surface area contributed by atoms with Crippen LogP contribution in [-0.4, -0.2) is 93.4 Å². The Hall–Kier alpha value is -3.08. The van der Waals surface area contributed by atoms with Gasteiger partial charge in [-0.25, -0.2) is 0 Å². The van der Waals surface area contributed by atoms with Gasteiger partial charge >= 0.3 is 43.5 Å². The van der Waals surface area contributed by atoms with Crippen LogP contribution >= 0.6 is 0 Å². The molecule has 0 amide bonds. The van der Waals surface area contributed by atoms with Crippen LogP contribution in [-0.2, 0) is 40.9 Å². The second-order valence-corrected chi connectivity index (χ2v) is 10.3. The monoisotopic (exact) mass is 703 g/mol. The van der Waals surface area contributed by atoms with Gasteiger partial charge in [0.25, 0.3) is 0 Å². The molecule has 9 nitrogen and oxygen atoms in total. The molecule has 4 atom stereocenters. The first-order valence-corrected chi connectivity index (χ1v) is 12.9. The molecule has 2 bridgehead atoms. The van der Waals surface area contributed by atoms with Gasteiger partial charge in [-0.2, -0.15) is 0 Å². The Labute approximate surface area is 264 Å². The molecule has 4 rings (SSSR count). The maximum atomic E-state index is 14.6. The Bertz CT molecular complexity index is 1270. The second kappa shape index (κ2) is 15.0. The molecule has 2 unspecified atom stereocenters. The van der Waals surface area contributed by atoms with Gasteiger partial charge in [0, 0.05) is 24.5 Å². The summed E-state index contributed by atoms with van der Waals surface area (Å²) in [6.45, 7) is 3.86. The quantitative estimate of drug-likeness (QED) is 0.200. The summed E-state index contributed by atoms with van der Waals surface area (Å²) >= 11 is 0. The number of piperidine rings is 2. The summed E-state index contributed by atoms with van der Waals surface area (Å²) in [5.74, 6) is -1.92. The van der Waals surface area contributed by atoms with E-state index in [4.69, 9.17) is 19.4 Å². The number of halogens is 8. The van der Waals surface area contributed by atoms with Crippen LogP contribution in [0.2, 0.25) is 0 Å². The van der Waals surface area contributed by atoms with E-state index in [1.807, 2.05) is 47.9 Å². The summed E-state index contributed by atoms with van der Waals surface area (Å²) in [6, 6.07) is 9.40. The van der Waals surface area contributed by atoms with E-state index in [-0.39, 0.29) is 30.2 Å². The molecule has 2 aliphatic rings. The standard InChI is InChI=1S/C25H30N4O5.2BF4.Cu/c1-15-9-7-11-17(26-15)19-24(22(31)33-5)13-28(3)14-25(21(24)30,23(32)34-6)20(29(19)4)18-12-8-10-16(2)27-18;2*2-1(3,4)5;/h7-12,19-20H,13-14H2,1-6H3;;;/q;2*-1;+2/t19?,20?,24-,25+;;;. The number of fused-ring (bicyclic) bond motifs is 2. The number of esters is 2. The Kier molecular flexibility index (Phi) is 13.3. The van der Waals surface area contributed by atoms with Crippen molar-refractivity contribution in [3.63, 3.8) is 0 Å². The predicted octanol–water partition coefficient (Wildman–Crippen LogP) is 4.25. The number of Topliss-reactive ketones (excluding diaryl/α,β-unsaturated/α-hetero) is 1. The number of hydrogen-bond donors (Lipinski definition) is 0. The fraction of sp³-hybridized carbons (Fsp3) is 0.480. The van der Waals surface area contributed by atoms with E-state index in [2.05, 4.69) is 0 Å². The number of likely N-dealkylation sites (tertiary alicyclic amines) is 2. The van der Waals surface area contributed by atoms with Gasteiger partial charge < -0.3 is 48.9 Å². The summed E-state index contributed by atoms with van der Waals surface area (Å²) in [7, 11) is -5.90. The van der Waals surface area contributed by atoms with Crippen LogP contribution in [0.3, 0.4) is 0 Å². The number of aryl methyl sites for hydroxylation is 2. The number of rotatable bonds is 4. The number of ether oxygens (including phenoxy) is 2. The largest absolute Gasteiger partial charge is 2.00 e. The molecule has 45 heavy (non-hydrogen) atoms. The van der Waals surface area contributed by atoms with Crippen molar-refractivity contribution < 1.29 is 75.5 Å². The molecule has 0 aromatic carbocycles. The molecule has 253 valence electrons. The van der Waals surface area contributed by atoms with Crippen molar-refractivity contribution in [2.45, 2.75) is 25.9 Å². The third kappa shape index (κ3) is 9.01. The van der Waals surface area contributed by atoms with Crippen molar-refractivity contribution in [3.05, 3.63) is 59.2 Å². The Morgan fingerprint density at radius 3 is 1.33 bits per heavy atom. The first kappa shape index (κ1) is 39.9. The fourth-order valence-corrected chi connectivity index (χ4v) is 5.97. The van der Waals surface area contributed by atoms with Gasteiger partial charge in [-0.1, -0.05) is 12.1 Å². The van der Waals surface area contributed by atoms with E-state index >= 15 is 0 Å². The number of pyridine rings is 2. The molecule has 4 heterocycles. The van der Waals surface area contributed by atoms with Gasteiger partial charge in [-0.3, -0.25) is 29.3 Å². The Balaban J connectivity index is 0.000000802. The van der Waals surface area contributed by atoms with Crippen molar-refractivity contribution >= 4 is 32.2 Å². The average Bonchev–Trinajstić information content (AvgIpc) is 2.87. The van der Waals surface area contributed by atoms with Gasteiger partial charge in [-0.05, 0) is 52.2 Å². The summed E-state index contributed by atoms with van der Waals surface area (Å²) in [6.07, 6.45) is 0. The third-order valence-electron chi connectivity index (χ3n) is 7.08. The number of carbonyl (C=O) groups is 3. The third-order valence-corrected chi connectivity index (χ3v) is 7.08. The molecular weight excluding hydrogens is 673 g/mol. The first-order chi connectivity index (χ1) is 20.1. The number of aromatic nitrogens is 2. The van der Waals surface area contributed by atoms with E-state index in [1.165, 1.54) is 14.2 Å². The Morgan fingerprint density at radius 1 is 0.756 bits per heavy atom. The van der Waals surface area contributed by atoms with Crippen LogP contribution in [0.15, 0.2) is 36.4 Å². The zero-order valence-corrected chi connectivity index (χ0v) is 25.8. The van der Waals surface area contributed by atoms with Crippen molar-refractivity contribution in [1.82, 2.24) is 19.8 Å². The molecule has 2 aliphatic heterocycles. The normalized spacial score (nSPS) is 25.0. The maximum Gasteiger partial charge on any atom is 2.00 e. The van der Waals surface area contributed by atoms with Crippen LogP contribution in [0.1, 0.15) is 34.9 Å². The molecule has 0 saturated carbocycles. The molecule has 20 heteroatoms. The SMILES string of the molecule is COC(=O)[C@@]12CN(C)C[C@@](C(=O)OC)(C1=O)C(c1cccc(C)n1)N(C)C2c1cccc(C)n1.F[B-](F)(F)F.F[B-](F)(F)F.[Cu+2]. The number of methoxy groups -OCH3 is 2. The number of nitrogens with zero attached hydrogens (tertiary/aromatic N) is 4. The average molecular weight is 704 g/mol. The van der Waals surface area contributed by atoms with Crippen LogP contribution in [0.25, 0.3) is 0 Å². The number of carbonyl (C=O) groups excluding carboxylic acids is 3. The summed E-state index contributed by atoms with van der Waals surface area (Å²) in [4.78, 5) is 54.7. The molecule has 0 spiro atoms. The van der Waals surface area contributed by atoms with E-state index in [0.29, 0.717) is 11.4 Å². The predicted molar refractivity (Wildman–Crippen MR) is 143 cm³/mol. The van der Waals surface area contributed by atoms with Gasteiger partial charge in [-0.15, -0.1) is 0 Å². The smallest absolute Gasteiger partial charge is 0.468 e. The molecule has 1 radical (unpaired) electrons. The summed E-state index contributed by atoms with van der Waals surface area (Å²) in [5, 5.41) is 0. The number of ketones is 1. The minimum atomic E-state index is -6.00. The van der Waals surface area contributed by atoms with Gasteiger partial charge in [0.05, 0.1) is 37.7 Å². The van der Waals surface area contributed by atoms with Crippen molar-refractivity contribution in [3.8, 4) is 0 Å². The van der Waals surface area contributed by atoms with E-state index in [1.54, 1.807) is 26.2 Å². The molecule has 2 aromatic heterocycles. The minimum Gasteiger partial charge on any atom is -0.468 e. The fourth-order valence-electron chi connectivity index (χ4n) is 5.97. The van der Waals surface area contributed by atoms with Crippen LogP contribution in [0.5, 0.6) is 0 Å². The second-order valence-electron chi connectivity index (χ2n) is 10.3. The summed E-state index contributed by atoms with van der Waals surface area (Å²) < 4.78 is 88.5. The van der Waals surface area contributed by atoms with Crippen LogP contribution in [0.4, 0.5) is 34.5 Å². The molecule has 0 aliphatic carbocycles. The number of hydrogen-bond acceptors (Lipinski definition) is 9. The molecule has 2 fully saturated rings. The topological polar surface area (TPSA) is 102 Å². The van der Waals surface area contributed by atoms with Gasteiger partial charge in [0.2, 0.25) is 0 Å². The van der Waals surface area contributed by atoms with Crippen LogP contribution < -0.4 is 0 Å². The van der Waals surface area contributed by atoms with E-state index in [0.717, 1.165) is 11.4 Å². The van der Waals surface area contributed by atoms with E-state index in [9.17, 15) is 48.9 Å². The van der Waals surface area contributed by atoms with Gasteiger partial charge in [0.1, 0.15) is 0 Å². The van der Waals surface area contributed by atoms with Crippen molar-refractivity contribution in [2.24, 2.45) is 10.8 Å². The minimum absolute atomic E-state index is 0. The zero-order valence-electron chi connectivity index (χ0n) is 24.8. The molecule has 2 aromatic rings. The first-order valence-electron chi connectivity index (χ1n) is 12.9. The van der Waals surface area contributed by atoms with Gasteiger partial charge in [0.15, 0.2) is 16.6 Å². The van der Waals surface area contributed by atoms with Crippen molar-refractivity contribution in [1.29, 1.82) is 0 Å². The van der Waals surface area contributed by atoms with Crippen LogP contribution in [0, 0.1) is 24.7 Å². The molecular formula is C25H30B2CuF8N4O5. The van der Waals surface area contributed by atoms with Crippen molar-refractivity contribution in [2.75, 3.05) is 41.4 Å². The zero-order chi connectivity index (χ0) is 33.8. The molecule has 2 saturated heterocycles. The summed E-state index contributed by atoms with van der Waals surface area (Å²) in [5.41, 5.74) is -0.784. The van der Waals surface area contributed by atoms with E-state index < -0.39 is 55.1 Å².